The summed E-state index contributed by atoms with van der Waals surface area (Å²) in [5, 5.41) is 18.7. The number of rotatable bonds is 4. The number of imide groups is 2. The van der Waals surface area contributed by atoms with Crippen molar-refractivity contribution >= 4 is 74.7 Å². The first-order valence-electron chi connectivity index (χ1n) is 13.6. The Kier molecular flexibility index (Phi) is 6.73. The Morgan fingerprint density at radius 3 is 1.85 bits per heavy atom. The molecule has 0 fully saturated rings. The van der Waals surface area contributed by atoms with Crippen LogP contribution in [0.5, 0.6) is 11.5 Å². The maximum Gasteiger partial charge on any atom is 0.269 e. The summed E-state index contributed by atoms with van der Waals surface area (Å²) in [5.74, 6) is -2.94. The maximum absolute atomic E-state index is 14.3. The minimum absolute atomic E-state index is 0.0192. The number of amides is 4. The average molecular weight is 654 g/mol. The Morgan fingerprint density at radius 1 is 0.660 bits per heavy atom. The topological polar surface area (TPSA) is 136 Å². The molecule has 2 aliphatic heterocycles. The molecule has 0 N–H and O–H groups in total. The molecule has 4 amide bonds. The third kappa shape index (κ3) is 4.39. The number of hydrogen-bond donors (Lipinski definition) is 0. The van der Waals surface area contributed by atoms with Crippen LogP contribution in [0, 0.1) is 29.2 Å². The number of anilines is 2. The molecule has 0 saturated carbocycles. The number of hydrogen-bond acceptors (Lipinski definition) is 7. The molecule has 2 aliphatic rings. The Labute approximate surface area is 275 Å². The van der Waals surface area contributed by atoms with E-state index in [1.54, 1.807) is 0 Å². The predicted molar refractivity (Wildman–Crippen MR) is 171 cm³/mol. The molecule has 12 heteroatoms. The zero-order valence-electron chi connectivity index (χ0n) is 23.5. The second-order valence-corrected chi connectivity index (χ2v) is 11.2. The highest BCUT2D eigenvalue weighted by atomic mass is 35.5. The Bertz CT molecular complexity index is 2440. The maximum atomic E-state index is 14.3. The van der Waals surface area contributed by atoms with Crippen LogP contribution in [0.1, 0.15) is 52.6 Å². The number of nitriles is 2. The molecule has 10 nitrogen and oxygen atoms in total. The van der Waals surface area contributed by atoms with Gasteiger partial charge in [-0.2, -0.15) is 10.5 Å². The van der Waals surface area contributed by atoms with E-state index in [4.69, 9.17) is 34.5 Å². The van der Waals surface area contributed by atoms with Gasteiger partial charge in [0.2, 0.25) is 5.69 Å². The van der Waals surface area contributed by atoms with E-state index in [0.29, 0.717) is 5.56 Å². The van der Waals surface area contributed by atoms with Crippen molar-refractivity contribution in [2.45, 2.75) is 0 Å². The zero-order chi connectivity index (χ0) is 33.1. The van der Waals surface area contributed by atoms with Crippen LogP contribution in [0.25, 0.3) is 15.6 Å². The lowest BCUT2D eigenvalue weighted by atomic mass is 9.85. The van der Waals surface area contributed by atoms with Gasteiger partial charge in [0.05, 0.1) is 51.3 Å². The van der Waals surface area contributed by atoms with Crippen molar-refractivity contribution < 1.29 is 23.9 Å². The van der Waals surface area contributed by atoms with Crippen molar-refractivity contribution in [3.63, 3.8) is 0 Å². The van der Waals surface area contributed by atoms with Gasteiger partial charge in [0.25, 0.3) is 23.6 Å². The van der Waals surface area contributed by atoms with Gasteiger partial charge >= 0.3 is 0 Å². The highest BCUT2D eigenvalue weighted by Crippen LogP contribution is 2.45. The van der Waals surface area contributed by atoms with E-state index >= 15 is 0 Å². The summed E-state index contributed by atoms with van der Waals surface area (Å²) < 4.78 is 6.17. The summed E-state index contributed by atoms with van der Waals surface area (Å²) in [5.41, 5.74) is 0.782. The largest absolute Gasteiger partial charge is 0.456 e. The summed E-state index contributed by atoms with van der Waals surface area (Å²) in [6, 6.07) is 22.4. The molecule has 7 rings (SSSR count). The van der Waals surface area contributed by atoms with E-state index in [-0.39, 0.29) is 77.2 Å². The van der Waals surface area contributed by atoms with Gasteiger partial charge in [-0.3, -0.25) is 19.2 Å². The molecule has 0 unspecified atom stereocenters. The summed E-state index contributed by atoms with van der Waals surface area (Å²) in [4.78, 5) is 61.5. The van der Waals surface area contributed by atoms with Gasteiger partial charge in [0, 0.05) is 26.9 Å². The number of ether oxygens (including phenoxy) is 1. The third-order valence-electron chi connectivity index (χ3n) is 7.82. The Morgan fingerprint density at radius 2 is 1.26 bits per heavy atom. The molecule has 0 aliphatic carbocycles. The summed E-state index contributed by atoms with van der Waals surface area (Å²) in [6.45, 7) is 7.29. The molecule has 47 heavy (non-hydrogen) atoms. The molecule has 0 radical (unpaired) electrons. The van der Waals surface area contributed by atoms with Crippen molar-refractivity contribution in [1.29, 1.82) is 10.5 Å². The normalized spacial score (nSPS) is 13.3. The van der Waals surface area contributed by atoms with E-state index in [0.717, 1.165) is 9.80 Å². The molecule has 222 valence electrons. The Balaban J connectivity index is 1.48. The zero-order valence-corrected chi connectivity index (χ0v) is 25.1. The minimum Gasteiger partial charge on any atom is -0.456 e. The molecule has 0 bridgehead atoms. The van der Waals surface area contributed by atoms with Crippen molar-refractivity contribution in [1.82, 2.24) is 0 Å². The van der Waals surface area contributed by atoms with Crippen LogP contribution in [-0.4, -0.2) is 23.6 Å². The predicted octanol–water partition coefficient (Wildman–Crippen LogP) is 7.83. The molecule has 0 spiro atoms. The number of nitrogens with zero attached hydrogens (tertiary/aromatic N) is 5. The molecule has 0 atom stereocenters. The lowest BCUT2D eigenvalue weighted by molar-refractivity contribution is 0.0871. The number of carbonyl (C=O) groups excluding carboxylic acids is 4. The van der Waals surface area contributed by atoms with Crippen molar-refractivity contribution in [2.24, 2.45) is 0 Å². The number of carbonyl (C=O) groups is 4. The van der Waals surface area contributed by atoms with Crippen LogP contribution in [0.4, 0.5) is 17.1 Å². The fourth-order valence-electron chi connectivity index (χ4n) is 5.67. The van der Waals surface area contributed by atoms with Gasteiger partial charge < -0.3 is 4.74 Å². The van der Waals surface area contributed by atoms with Crippen molar-refractivity contribution in [3.05, 3.63) is 134 Å². The van der Waals surface area contributed by atoms with Gasteiger partial charge in [0.1, 0.15) is 17.6 Å². The van der Waals surface area contributed by atoms with Crippen molar-refractivity contribution in [2.75, 3.05) is 9.80 Å². The van der Waals surface area contributed by atoms with E-state index in [9.17, 15) is 29.7 Å². The quantitative estimate of drug-likeness (QED) is 0.142. The first-order valence-corrected chi connectivity index (χ1v) is 14.4. The van der Waals surface area contributed by atoms with Crippen LogP contribution in [0.3, 0.4) is 0 Å². The van der Waals surface area contributed by atoms with Crippen LogP contribution in [0.15, 0.2) is 78.9 Å². The monoisotopic (exact) mass is 653 g/mol. The van der Waals surface area contributed by atoms with Gasteiger partial charge in [-0.05, 0) is 72.8 Å². The molecule has 5 aromatic rings. The van der Waals surface area contributed by atoms with E-state index < -0.39 is 23.6 Å². The van der Waals surface area contributed by atoms with Crippen LogP contribution >= 0.6 is 23.2 Å². The molecule has 5 aromatic carbocycles. The molecule has 0 aromatic heterocycles. The first kappa shape index (κ1) is 29.2. The first-order chi connectivity index (χ1) is 22.7. The average Bonchev–Trinajstić information content (AvgIpc) is 3.07. The molecule has 2 heterocycles. The SMILES string of the molecule is [C-]#[N+]c1ccc(N2C(=O)c3ccc4c5c(cc(Oc6ccc(C#N)cc6)c(c35)C2=O)C(=O)N(c2ccc(C#N)c(Cl)c2)C4=O)cc1Cl. The standard InChI is InChI=1S/C35H13Cl2N5O5/c1-40-27-11-6-20(13-26(27)37)42-33(44)23-10-9-22-29-24(34(45)41(32(22)43)19-5-4-18(16-39)25(36)12-19)14-28(31(30(23)29)35(42)46)47-21-7-2-17(15-38)3-8-21/h2-14H. The van der Waals surface area contributed by atoms with Gasteiger partial charge in [0.15, 0.2) is 0 Å². The third-order valence-corrected chi connectivity index (χ3v) is 8.43. The summed E-state index contributed by atoms with van der Waals surface area (Å²) in [7, 11) is 0. The lowest BCUT2D eigenvalue weighted by Crippen LogP contribution is -2.43. The van der Waals surface area contributed by atoms with Gasteiger partial charge in [-0.15, -0.1) is 0 Å². The van der Waals surface area contributed by atoms with Crippen LogP contribution in [-0.2, 0) is 0 Å². The number of benzene rings is 5. The highest BCUT2D eigenvalue weighted by Gasteiger charge is 2.43. The fraction of sp³-hybridized carbons (Fsp3) is 0. The van der Waals surface area contributed by atoms with E-state index in [2.05, 4.69) is 4.85 Å². The van der Waals surface area contributed by atoms with Gasteiger partial charge in [-0.25, -0.2) is 14.6 Å². The Hall–Kier alpha value is -6.51. The summed E-state index contributed by atoms with van der Waals surface area (Å²) in [6.07, 6.45) is 0. The van der Waals surface area contributed by atoms with E-state index in [1.165, 1.54) is 78.9 Å². The van der Waals surface area contributed by atoms with Crippen molar-refractivity contribution in [3.8, 4) is 23.6 Å². The van der Waals surface area contributed by atoms with Crippen LogP contribution < -0.4 is 14.5 Å². The smallest absolute Gasteiger partial charge is 0.269 e. The minimum atomic E-state index is -0.817. The second-order valence-electron chi connectivity index (χ2n) is 10.4. The molecular weight excluding hydrogens is 641 g/mol. The number of halogens is 2. The van der Waals surface area contributed by atoms with Crippen LogP contribution in [0.2, 0.25) is 10.0 Å². The van der Waals surface area contributed by atoms with E-state index in [1.807, 2.05) is 12.1 Å². The fourth-order valence-corrected chi connectivity index (χ4v) is 6.10. The summed E-state index contributed by atoms with van der Waals surface area (Å²) >= 11 is 12.5. The molecular formula is C35H13Cl2N5O5. The lowest BCUT2D eigenvalue weighted by Gasteiger charge is -2.33. The molecule has 0 saturated heterocycles. The van der Waals surface area contributed by atoms with Gasteiger partial charge in [-0.1, -0.05) is 29.3 Å². The highest BCUT2D eigenvalue weighted by molar-refractivity contribution is 6.43. The second kappa shape index (κ2) is 10.8.